The van der Waals surface area contributed by atoms with Crippen LogP contribution in [0.15, 0.2) is 22.7 Å². The highest BCUT2D eigenvalue weighted by molar-refractivity contribution is 5.76. The van der Waals surface area contributed by atoms with E-state index in [-0.39, 0.29) is 22.6 Å². The van der Waals surface area contributed by atoms with Crippen molar-refractivity contribution < 1.29 is 13.3 Å². The minimum absolute atomic E-state index is 0.0247. The summed E-state index contributed by atoms with van der Waals surface area (Å²) < 4.78 is 32.0. The van der Waals surface area contributed by atoms with Gasteiger partial charge in [-0.15, -0.1) is 0 Å². The Balaban J connectivity index is 2.15. The Morgan fingerprint density at radius 1 is 1.05 bits per heavy atom. The summed E-state index contributed by atoms with van der Waals surface area (Å²) in [6.07, 6.45) is 0. The first-order valence-electron chi connectivity index (χ1n) is 6.88. The molecule has 0 atom stereocenters. The van der Waals surface area contributed by atoms with Crippen molar-refractivity contribution in [3.8, 4) is 11.1 Å². The number of hydrogen-bond acceptors (Lipinski definition) is 3. The molecule has 0 saturated heterocycles. The Bertz CT molecular complexity index is 685. The SMILES string of the molecule is CC1(C)C(c2noc(N)c2-c2cc(F)cc(F)c2)C1(C)C. The van der Waals surface area contributed by atoms with E-state index in [4.69, 9.17) is 10.3 Å². The second-order valence-electron chi connectivity index (χ2n) is 6.84. The highest BCUT2D eigenvalue weighted by atomic mass is 19.1. The molecule has 2 aromatic rings. The van der Waals surface area contributed by atoms with E-state index in [1.165, 1.54) is 12.1 Å². The van der Waals surface area contributed by atoms with Crippen LogP contribution in [-0.2, 0) is 0 Å². The zero-order valence-corrected chi connectivity index (χ0v) is 12.5. The Kier molecular flexibility index (Phi) is 2.71. The fraction of sp³-hybridized carbons (Fsp3) is 0.438. The van der Waals surface area contributed by atoms with Crippen LogP contribution in [-0.4, -0.2) is 5.16 Å². The van der Waals surface area contributed by atoms with Crippen LogP contribution in [0, 0.1) is 22.5 Å². The first-order chi connectivity index (χ1) is 9.66. The van der Waals surface area contributed by atoms with Crippen molar-refractivity contribution >= 4 is 5.88 Å². The fourth-order valence-electron chi connectivity index (χ4n) is 3.38. The molecule has 1 fully saturated rings. The third kappa shape index (κ3) is 1.87. The fourth-order valence-corrected chi connectivity index (χ4v) is 3.38. The Morgan fingerprint density at radius 3 is 2.05 bits per heavy atom. The van der Waals surface area contributed by atoms with Gasteiger partial charge < -0.3 is 10.3 Å². The Morgan fingerprint density at radius 2 is 1.57 bits per heavy atom. The summed E-state index contributed by atoms with van der Waals surface area (Å²) in [7, 11) is 0. The van der Waals surface area contributed by atoms with Crippen molar-refractivity contribution in [2.75, 3.05) is 5.73 Å². The molecule has 1 aromatic heterocycles. The zero-order chi connectivity index (χ0) is 15.6. The number of nitrogens with zero attached hydrogens (tertiary/aromatic N) is 1. The van der Waals surface area contributed by atoms with E-state index < -0.39 is 11.6 Å². The van der Waals surface area contributed by atoms with E-state index in [0.717, 1.165) is 6.07 Å². The number of anilines is 1. The van der Waals surface area contributed by atoms with Gasteiger partial charge in [-0.2, -0.15) is 0 Å². The molecule has 1 heterocycles. The van der Waals surface area contributed by atoms with E-state index in [9.17, 15) is 8.78 Å². The molecule has 112 valence electrons. The number of halogens is 2. The van der Waals surface area contributed by atoms with Gasteiger partial charge in [0.25, 0.3) is 0 Å². The van der Waals surface area contributed by atoms with Gasteiger partial charge in [0.05, 0.1) is 11.3 Å². The normalized spacial score (nSPS) is 19.7. The molecule has 21 heavy (non-hydrogen) atoms. The molecule has 5 heteroatoms. The van der Waals surface area contributed by atoms with E-state index in [1.807, 2.05) is 0 Å². The lowest BCUT2D eigenvalue weighted by Crippen LogP contribution is -1.95. The monoisotopic (exact) mass is 292 g/mol. The maximum atomic E-state index is 13.5. The van der Waals surface area contributed by atoms with Crippen molar-refractivity contribution in [3.05, 3.63) is 35.5 Å². The van der Waals surface area contributed by atoms with Gasteiger partial charge >= 0.3 is 0 Å². The largest absolute Gasteiger partial charge is 0.367 e. The van der Waals surface area contributed by atoms with Gasteiger partial charge in [-0.1, -0.05) is 32.9 Å². The highest BCUT2D eigenvalue weighted by Gasteiger charge is 2.67. The Hall–Kier alpha value is -1.91. The standard InChI is InChI=1S/C16H18F2N2O/c1-15(2)13(16(15,3)4)12-11(14(19)21-20-12)8-5-9(17)7-10(18)6-8/h5-7,13H,19H2,1-4H3. The minimum atomic E-state index is -0.647. The topological polar surface area (TPSA) is 52.0 Å². The summed E-state index contributed by atoms with van der Waals surface area (Å²) in [4.78, 5) is 0. The summed E-state index contributed by atoms with van der Waals surface area (Å²) >= 11 is 0. The van der Waals surface area contributed by atoms with Crippen LogP contribution in [0.25, 0.3) is 11.1 Å². The molecule has 3 rings (SSSR count). The molecule has 0 bridgehead atoms. The second-order valence-corrected chi connectivity index (χ2v) is 6.84. The minimum Gasteiger partial charge on any atom is -0.367 e. The number of nitrogens with two attached hydrogens (primary N) is 1. The molecular formula is C16H18F2N2O. The molecule has 3 nitrogen and oxygen atoms in total. The molecular weight excluding hydrogens is 274 g/mol. The molecule has 0 amide bonds. The summed E-state index contributed by atoms with van der Waals surface area (Å²) in [6.45, 7) is 8.55. The summed E-state index contributed by atoms with van der Waals surface area (Å²) in [5.41, 5.74) is 7.42. The van der Waals surface area contributed by atoms with Gasteiger partial charge in [-0.3, -0.25) is 0 Å². The van der Waals surface area contributed by atoms with Gasteiger partial charge in [0.1, 0.15) is 11.6 Å². The summed E-state index contributed by atoms with van der Waals surface area (Å²) in [6, 6.07) is 3.33. The van der Waals surface area contributed by atoms with Crippen LogP contribution in [0.1, 0.15) is 39.3 Å². The second kappa shape index (κ2) is 4.06. The summed E-state index contributed by atoms with van der Waals surface area (Å²) in [5, 5.41) is 4.06. The van der Waals surface area contributed by atoms with Crippen molar-refractivity contribution in [2.24, 2.45) is 10.8 Å². The zero-order valence-electron chi connectivity index (χ0n) is 12.5. The molecule has 0 aliphatic heterocycles. The van der Waals surface area contributed by atoms with Crippen LogP contribution in [0.4, 0.5) is 14.7 Å². The van der Waals surface area contributed by atoms with Gasteiger partial charge in [-0.05, 0) is 28.5 Å². The van der Waals surface area contributed by atoms with E-state index >= 15 is 0 Å². The van der Waals surface area contributed by atoms with Crippen molar-refractivity contribution in [2.45, 2.75) is 33.6 Å². The number of nitrogen functional groups attached to an aromatic ring is 1. The third-order valence-electron chi connectivity index (χ3n) is 5.19. The molecule has 1 aromatic carbocycles. The molecule has 0 unspecified atom stereocenters. The van der Waals surface area contributed by atoms with Gasteiger partial charge in [0.15, 0.2) is 0 Å². The molecule has 1 aliphatic rings. The van der Waals surface area contributed by atoms with E-state index in [1.54, 1.807) is 0 Å². The predicted molar refractivity (Wildman–Crippen MR) is 76.6 cm³/mol. The number of aromatic nitrogens is 1. The van der Waals surface area contributed by atoms with Crippen LogP contribution in [0.5, 0.6) is 0 Å². The molecule has 0 radical (unpaired) electrons. The lowest BCUT2D eigenvalue weighted by molar-refractivity contribution is 0.423. The molecule has 1 aliphatic carbocycles. The van der Waals surface area contributed by atoms with Gasteiger partial charge in [-0.25, -0.2) is 8.78 Å². The number of hydrogen-bond donors (Lipinski definition) is 1. The lowest BCUT2D eigenvalue weighted by atomic mass is 9.99. The first kappa shape index (κ1) is 14.0. The van der Waals surface area contributed by atoms with Crippen molar-refractivity contribution in [1.82, 2.24) is 5.16 Å². The van der Waals surface area contributed by atoms with E-state index in [2.05, 4.69) is 32.9 Å². The van der Waals surface area contributed by atoms with Crippen LogP contribution < -0.4 is 5.73 Å². The maximum absolute atomic E-state index is 13.5. The molecule has 1 saturated carbocycles. The van der Waals surface area contributed by atoms with Gasteiger partial charge in [0, 0.05) is 12.0 Å². The van der Waals surface area contributed by atoms with Crippen molar-refractivity contribution in [1.29, 1.82) is 0 Å². The van der Waals surface area contributed by atoms with E-state index in [0.29, 0.717) is 16.8 Å². The van der Waals surface area contributed by atoms with Crippen LogP contribution in [0.2, 0.25) is 0 Å². The average Bonchev–Trinajstić information content (AvgIpc) is 2.63. The first-order valence-corrected chi connectivity index (χ1v) is 6.88. The lowest BCUT2D eigenvalue weighted by Gasteiger charge is -2.05. The average molecular weight is 292 g/mol. The van der Waals surface area contributed by atoms with Crippen molar-refractivity contribution in [3.63, 3.8) is 0 Å². The molecule has 0 spiro atoms. The maximum Gasteiger partial charge on any atom is 0.230 e. The molecule has 2 N–H and O–H groups in total. The highest BCUT2D eigenvalue weighted by Crippen LogP contribution is 2.74. The Labute approximate surface area is 122 Å². The smallest absolute Gasteiger partial charge is 0.230 e. The predicted octanol–water partition coefficient (Wildman–Crippen LogP) is 4.35. The summed E-state index contributed by atoms with van der Waals surface area (Å²) in [5.74, 6) is -1.07. The van der Waals surface area contributed by atoms with Crippen LogP contribution >= 0.6 is 0 Å². The quantitative estimate of drug-likeness (QED) is 0.895. The number of rotatable bonds is 2. The van der Waals surface area contributed by atoms with Gasteiger partial charge in [0.2, 0.25) is 5.88 Å². The van der Waals surface area contributed by atoms with Crippen LogP contribution in [0.3, 0.4) is 0 Å². The number of benzene rings is 1. The third-order valence-corrected chi connectivity index (χ3v) is 5.19.